The van der Waals surface area contributed by atoms with Crippen molar-refractivity contribution < 1.29 is 4.74 Å². The second kappa shape index (κ2) is 10.9. The molecular weight excluding hydrogens is 326 g/mol. The van der Waals surface area contributed by atoms with Crippen LogP contribution in [0.5, 0.6) is 5.75 Å². The van der Waals surface area contributed by atoms with Gasteiger partial charge in [-0.25, -0.2) is 0 Å². The predicted octanol–water partition coefficient (Wildman–Crippen LogP) is 5.63. The number of ether oxygens (including phenoxy) is 1. The summed E-state index contributed by atoms with van der Waals surface area (Å²) in [6.45, 7) is 7.02. The summed E-state index contributed by atoms with van der Waals surface area (Å²) in [5, 5.41) is 3.66. The zero-order chi connectivity index (χ0) is 15.5. The number of hydrogen-bond acceptors (Lipinski definition) is 2. The third-order valence-electron chi connectivity index (χ3n) is 3.61. The third-order valence-corrected chi connectivity index (χ3v) is 4.11. The molecule has 0 fully saturated rings. The summed E-state index contributed by atoms with van der Waals surface area (Å²) in [5.41, 5.74) is 1.26. The van der Waals surface area contributed by atoms with E-state index >= 15 is 0 Å². The van der Waals surface area contributed by atoms with Gasteiger partial charge in [-0.1, -0.05) is 47.8 Å². The van der Waals surface area contributed by atoms with Crippen molar-refractivity contribution in [3.63, 3.8) is 0 Å². The highest BCUT2D eigenvalue weighted by Gasteiger charge is 2.15. The fourth-order valence-electron chi connectivity index (χ4n) is 2.47. The summed E-state index contributed by atoms with van der Waals surface area (Å²) in [6.07, 6.45) is 9.14. The number of nitrogens with one attached hydrogen (secondary N) is 1. The Bertz CT molecular complexity index is 420. The van der Waals surface area contributed by atoms with Crippen molar-refractivity contribution in [1.82, 2.24) is 5.32 Å². The number of methoxy groups -OCH3 is 1. The van der Waals surface area contributed by atoms with Gasteiger partial charge in [-0.05, 0) is 44.4 Å². The molecular formula is C18H28BrNO. The molecule has 1 rings (SSSR count). The van der Waals surface area contributed by atoms with E-state index in [0.717, 1.165) is 36.0 Å². The largest absolute Gasteiger partial charge is 0.496 e. The summed E-state index contributed by atoms with van der Waals surface area (Å²) in [4.78, 5) is 0. The lowest BCUT2D eigenvalue weighted by Crippen LogP contribution is -2.22. The van der Waals surface area contributed by atoms with Crippen molar-refractivity contribution in [2.24, 2.45) is 0 Å². The van der Waals surface area contributed by atoms with E-state index < -0.39 is 0 Å². The van der Waals surface area contributed by atoms with Gasteiger partial charge in [0.05, 0.1) is 7.11 Å². The molecule has 0 saturated heterocycles. The van der Waals surface area contributed by atoms with Gasteiger partial charge >= 0.3 is 0 Å². The Morgan fingerprint density at radius 3 is 2.81 bits per heavy atom. The zero-order valence-electron chi connectivity index (χ0n) is 13.3. The van der Waals surface area contributed by atoms with Crippen molar-refractivity contribution >= 4 is 15.9 Å². The number of benzene rings is 1. The maximum atomic E-state index is 5.55. The minimum Gasteiger partial charge on any atom is -0.496 e. The summed E-state index contributed by atoms with van der Waals surface area (Å²) in [7, 11) is 1.74. The molecule has 1 unspecified atom stereocenters. The number of unbranched alkanes of at least 4 members (excludes halogenated alkanes) is 3. The number of halogens is 1. The smallest absolute Gasteiger partial charge is 0.124 e. The van der Waals surface area contributed by atoms with E-state index in [4.69, 9.17) is 4.74 Å². The molecule has 3 heteroatoms. The van der Waals surface area contributed by atoms with Crippen LogP contribution < -0.4 is 10.1 Å². The van der Waals surface area contributed by atoms with Gasteiger partial charge < -0.3 is 10.1 Å². The minimum absolute atomic E-state index is 0.372. The molecule has 0 radical (unpaired) electrons. The molecule has 118 valence electrons. The molecule has 0 amide bonds. The van der Waals surface area contributed by atoms with E-state index in [1.807, 2.05) is 12.1 Å². The maximum absolute atomic E-state index is 5.55. The monoisotopic (exact) mass is 353 g/mol. The lowest BCUT2D eigenvalue weighted by molar-refractivity contribution is 0.391. The molecule has 2 nitrogen and oxygen atoms in total. The standard InChI is InChI=1S/C18H28BrNO/c1-4-6-7-8-9-10-17(20-13-5-2)16-12-11-15(19)14-18(16)21-3/h4,11-12,14,17,20H,1,5-10,13H2,2-3H3. The van der Waals surface area contributed by atoms with Gasteiger partial charge in [-0.3, -0.25) is 0 Å². The summed E-state index contributed by atoms with van der Waals surface area (Å²) < 4.78 is 6.61. The first kappa shape index (κ1) is 18.2. The number of hydrogen-bond donors (Lipinski definition) is 1. The molecule has 1 N–H and O–H groups in total. The Balaban J connectivity index is 2.69. The van der Waals surface area contributed by atoms with E-state index in [0.29, 0.717) is 6.04 Å². The van der Waals surface area contributed by atoms with Crippen LogP contribution in [0.2, 0.25) is 0 Å². The van der Waals surface area contributed by atoms with Crippen LogP contribution >= 0.6 is 15.9 Å². The fraction of sp³-hybridized carbons (Fsp3) is 0.556. The van der Waals surface area contributed by atoms with Crippen molar-refractivity contribution in [2.75, 3.05) is 13.7 Å². The quantitative estimate of drug-likeness (QED) is 0.410. The lowest BCUT2D eigenvalue weighted by atomic mass is 9.99. The Morgan fingerprint density at radius 2 is 2.14 bits per heavy atom. The molecule has 0 heterocycles. The zero-order valence-corrected chi connectivity index (χ0v) is 14.9. The molecule has 21 heavy (non-hydrogen) atoms. The molecule has 0 saturated carbocycles. The molecule has 0 aliphatic rings. The molecule has 0 aliphatic carbocycles. The van der Waals surface area contributed by atoms with Crippen LogP contribution in [-0.4, -0.2) is 13.7 Å². The molecule has 0 spiro atoms. The van der Waals surface area contributed by atoms with Gasteiger partial charge in [0, 0.05) is 16.1 Å². The highest BCUT2D eigenvalue weighted by Crippen LogP contribution is 2.31. The van der Waals surface area contributed by atoms with Crippen molar-refractivity contribution in [1.29, 1.82) is 0 Å². The topological polar surface area (TPSA) is 21.3 Å². The highest BCUT2D eigenvalue weighted by molar-refractivity contribution is 9.10. The van der Waals surface area contributed by atoms with Gasteiger partial charge in [0.25, 0.3) is 0 Å². The summed E-state index contributed by atoms with van der Waals surface area (Å²) in [5.74, 6) is 0.962. The van der Waals surface area contributed by atoms with Gasteiger partial charge in [0.2, 0.25) is 0 Å². The molecule has 0 bridgehead atoms. The molecule has 1 atom stereocenters. The Labute approximate surface area is 138 Å². The molecule has 0 aliphatic heterocycles. The SMILES string of the molecule is C=CCCCCCC(NCCC)c1ccc(Br)cc1OC. The Kier molecular flexibility index (Phi) is 9.44. The first-order chi connectivity index (χ1) is 10.2. The van der Waals surface area contributed by atoms with Crippen molar-refractivity contribution in [3.8, 4) is 5.75 Å². The van der Waals surface area contributed by atoms with Crippen LogP contribution in [-0.2, 0) is 0 Å². The van der Waals surface area contributed by atoms with Crippen molar-refractivity contribution in [3.05, 3.63) is 40.9 Å². The Morgan fingerprint density at radius 1 is 1.33 bits per heavy atom. The van der Waals surface area contributed by atoms with Crippen molar-refractivity contribution in [2.45, 2.75) is 51.5 Å². The van der Waals surface area contributed by atoms with E-state index in [1.165, 1.54) is 24.8 Å². The average Bonchev–Trinajstić information content (AvgIpc) is 2.50. The van der Waals surface area contributed by atoms with Crippen LogP contribution in [0.3, 0.4) is 0 Å². The van der Waals surface area contributed by atoms with E-state index in [9.17, 15) is 0 Å². The van der Waals surface area contributed by atoms with Crippen LogP contribution in [0.15, 0.2) is 35.3 Å². The second-order valence-electron chi connectivity index (χ2n) is 5.32. The average molecular weight is 354 g/mol. The van der Waals surface area contributed by atoms with Crippen LogP contribution in [0.1, 0.15) is 57.1 Å². The van der Waals surface area contributed by atoms with Gasteiger partial charge in [-0.15, -0.1) is 6.58 Å². The third kappa shape index (κ3) is 6.66. The van der Waals surface area contributed by atoms with E-state index in [2.05, 4.69) is 46.9 Å². The fourth-order valence-corrected chi connectivity index (χ4v) is 2.81. The Hall–Kier alpha value is -0.800. The number of allylic oxidation sites excluding steroid dienone is 1. The van der Waals surface area contributed by atoms with Crippen LogP contribution in [0.25, 0.3) is 0 Å². The van der Waals surface area contributed by atoms with Crippen LogP contribution in [0.4, 0.5) is 0 Å². The first-order valence-corrected chi connectivity index (χ1v) is 8.70. The minimum atomic E-state index is 0.372. The maximum Gasteiger partial charge on any atom is 0.124 e. The highest BCUT2D eigenvalue weighted by atomic mass is 79.9. The molecule has 1 aromatic carbocycles. The normalized spacial score (nSPS) is 12.1. The second-order valence-corrected chi connectivity index (χ2v) is 6.24. The summed E-state index contributed by atoms with van der Waals surface area (Å²) >= 11 is 3.51. The van der Waals surface area contributed by atoms with Gasteiger partial charge in [0.15, 0.2) is 0 Å². The van der Waals surface area contributed by atoms with Gasteiger partial charge in [-0.2, -0.15) is 0 Å². The van der Waals surface area contributed by atoms with E-state index in [-0.39, 0.29) is 0 Å². The first-order valence-electron chi connectivity index (χ1n) is 7.90. The molecule has 1 aromatic rings. The van der Waals surface area contributed by atoms with E-state index in [1.54, 1.807) is 7.11 Å². The number of rotatable bonds is 11. The predicted molar refractivity (Wildman–Crippen MR) is 95.0 cm³/mol. The van der Waals surface area contributed by atoms with Gasteiger partial charge in [0.1, 0.15) is 5.75 Å². The lowest BCUT2D eigenvalue weighted by Gasteiger charge is -2.21. The molecule has 0 aromatic heterocycles. The van der Waals surface area contributed by atoms with Crippen LogP contribution in [0, 0.1) is 0 Å². The summed E-state index contributed by atoms with van der Waals surface area (Å²) in [6, 6.07) is 6.68.